The van der Waals surface area contributed by atoms with Crippen molar-refractivity contribution in [1.82, 2.24) is 10.4 Å². The summed E-state index contributed by atoms with van der Waals surface area (Å²) < 4.78 is 5.39. The molecule has 0 amide bonds. The standard InChI is InChI=1S/C12H25N3OS/c1-11(2)3-8-17-10-12(11,9-13)14-15-4-6-16-7-5-15/h14H,3-10,13H2,1-2H3. The molecule has 4 nitrogen and oxygen atoms in total. The van der Waals surface area contributed by atoms with Crippen molar-refractivity contribution in [2.24, 2.45) is 11.1 Å². The summed E-state index contributed by atoms with van der Waals surface area (Å²) in [6, 6.07) is 0. The van der Waals surface area contributed by atoms with Crippen LogP contribution < -0.4 is 11.2 Å². The van der Waals surface area contributed by atoms with Crippen molar-refractivity contribution in [1.29, 1.82) is 0 Å². The molecule has 2 heterocycles. The second-order valence-electron chi connectivity index (χ2n) is 5.68. The molecule has 2 saturated heterocycles. The van der Waals surface area contributed by atoms with Gasteiger partial charge in [0.15, 0.2) is 0 Å². The maximum absolute atomic E-state index is 6.10. The first kappa shape index (κ1) is 13.6. The van der Waals surface area contributed by atoms with Crippen LogP contribution in [0.1, 0.15) is 20.3 Å². The van der Waals surface area contributed by atoms with Crippen LogP contribution in [0.5, 0.6) is 0 Å². The molecule has 2 rings (SSSR count). The Balaban J connectivity index is 2.06. The second-order valence-corrected chi connectivity index (χ2v) is 6.79. The minimum absolute atomic E-state index is 0.0350. The van der Waals surface area contributed by atoms with Crippen molar-refractivity contribution in [3.63, 3.8) is 0 Å². The molecule has 5 heteroatoms. The van der Waals surface area contributed by atoms with Gasteiger partial charge in [0.2, 0.25) is 0 Å². The quantitative estimate of drug-likeness (QED) is 0.781. The lowest BCUT2D eigenvalue weighted by Gasteiger charge is -2.52. The average molecular weight is 259 g/mol. The third kappa shape index (κ3) is 2.79. The molecule has 0 aromatic carbocycles. The fourth-order valence-corrected chi connectivity index (χ4v) is 4.27. The summed E-state index contributed by atoms with van der Waals surface area (Å²) >= 11 is 2.02. The van der Waals surface area contributed by atoms with Gasteiger partial charge in [-0.25, -0.2) is 10.4 Å². The zero-order valence-corrected chi connectivity index (χ0v) is 11.8. The molecular formula is C12H25N3OS. The van der Waals surface area contributed by atoms with Gasteiger partial charge in [-0.15, -0.1) is 0 Å². The van der Waals surface area contributed by atoms with Gasteiger partial charge in [-0.05, 0) is 17.6 Å². The molecule has 0 aromatic rings. The van der Waals surface area contributed by atoms with Crippen LogP contribution in [-0.4, -0.2) is 54.9 Å². The van der Waals surface area contributed by atoms with Crippen LogP contribution in [-0.2, 0) is 4.74 Å². The lowest BCUT2D eigenvalue weighted by molar-refractivity contribution is -0.0338. The van der Waals surface area contributed by atoms with E-state index in [0.717, 1.165) is 32.1 Å². The number of nitrogens with zero attached hydrogens (tertiary/aromatic N) is 1. The molecule has 2 aliphatic heterocycles. The smallest absolute Gasteiger partial charge is 0.0608 e. The van der Waals surface area contributed by atoms with Crippen LogP contribution >= 0.6 is 11.8 Å². The minimum Gasteiger partial charge on any atom is -0.379 e. The average Bonchev–Trinajstić information content (AvgIpc) is 2.33. The summed E-state index contributed by atoms with van der Waals surface area (Å²) in [7, 11) is 0. The zero-order valence-electron chi connectivity index (χ0n) is 11.0. The van der Waals surface area contributed by atoms with E-state index >= 15 is 0 Å². The number of ether oxygens (including phenoxy) is 1. The molecule has 0 bridgehead atoms. The highest BCUT2D eigenvalue weighted by atomic mass is 32.2. The highest BCUT2D eigenvalue weighted by molar-refractivity contribution is 7.99. The Labute approximate surface area is 109 Å². The van der Waals surface area contributed by atoms with Crippen LogP contribution in [0.15, 0.2) is 0 Å². The van der Waals surface area contributed by atoms with Gasteiger partial charge in [0.05, 0.1) is 18.8 Å². The number of hydrazine groups is 1. The van der Waals surface area contributed by atoms with Gasteiger partial charge in [0, 0.05) is 25.4 Å². The van der Waals surface area contributed by atoms with E-state index in [4.69, 9.17) is 10.5 Å². The van der Waals surface area contributed by atoms with Crippen molar-refractivity contribution in [2.45, 2.75) is 25.8 Å². The summed E-state index contributed by atoms with van der Waals surface area (Å²) in [5, 5.41) is 2.30. The van der Waals surface area contributed by atoms with Gasteiger partial charge in [-0.3, -0.25) is 0 Å². The largest absolute Gasteiger partial charge is 0.379 e. The summed E-state index contributed by atoms with van der Waals surface area (Å²) in [6.07, 6.45) is 1.23. The van der Waals surface area contributed by atoms with E-state index in [2.05, 4.69) is 24.3 Å². The molecule has 2 fully saturated rings. The normalized spacial score (nSPS) is 34.8. The molecule has 0 radical (unpaired) electrons. The minimum atomic E-state index is 0.0350. The van der Waals surface area contributed by atoms with Crippen LogP contribution in [0.2, 0.25) is 0 Å². The lowest BCUT2D eigenvalue weighted by atomic mass is 9.71. The molecule has 0 saturated carbocycles. The molecule has 0 spiro atoms. The molecule has 3 N–H and O–H groups in total. The number of nitrogens with one attached hydrogen (secondary N) is 1. The Morgan fingerprint density at radius 2 is 2.06 bits per heavy atom. The molecule has 17 heavy (non-hydrogen) atoms. The monoisotopic (exact) mass is 259 g/mol. The first-order chi connectivity index (χ1) is 8.10. The van der Waals surface area contributed by atoms with Gasteiger partial charge in [-0.1, -0.05) is 13.8 Å². The molecule has 0 aliphatic carbocycles. The maximum atomic E-state index is 6.10. The Bertz CT molecular complexity index is 256. The van der Waals surface area contributed by atoms with E-state index in [9.17, 15) is 0 Å². The molecular weight excluding hydrogens is 234 g/mol. The maximum Gasteiger partial charge on any atom is 0.0608 e. The Morgan fingerprint density at radius 3 is 2.65 bits per heavy atom. The number of hydrogen-bond acceptors (Lipinski definition) is 5. The van der Waals surface area contributed by atoms with Crippen molar-refractivity contribution in [3.8, 4) is 0 Å². The van der Waals surface area contributed by atoms with Crippen molar-refractivity contribution >= 4 is 11.8 Å². The third-order valence-corrected chi connectivity index (χ3v) is 5.44. The Hall–Kier alpha value is 0.190. The van der Waals surface area contributed by atoms with E-state index in [1.54, 1.807) is 0 Å². The predicted molar refractivity (Wildman–Crippen MR) is 73.0 cm³/mol. The number of hydrogen-bond donors (Lipinski definition) is 2. The van der Waals surface area contributed by atoms with E-state index < -0.39 is 0 Å². The molecule has 2 aliphatic rings. The second kappa shape index (κ2) is 5.45. The van der Waals surface area contributed by atoms with Crippen LogP contribution in [0.4, 0.5) is 0 Å². The fraction of sp³-hybridized carbons (Fsp3) is 1.00. The SMILES string of the molecule is CC1(C)CCSCC1(CN)NN1CCOCC1. The van der Waals surface area contributed by atoms with E-state index in [-0.39, 0.29) is 11.0 Å². The van der Waals surface area contributed by atoms with Crippen LogP contribution in [0.25, 0.3) is 0 Å². The summed E-state index contributed by atoms with van der Waals surface area (Å²) in [6.45, 7) is 8.94. The van der Waals surface area contributed by atoms with Crippen molar-refractivity contribution in [2.75, 3.05) is 44.4 Å². The number of nitrogens with two attached hydrogens (primary N) is 1. The van der Waals surface area contributed by atoms with Crippen LogP contribution in [0, 0.1) is 5.41 Å². The Morgan fingerprint density at radius 1 is 1.35 bits per heavy atom. The van der Waals surface area contributed by atoms with E-state index in [1.807, 2.05) is 11.8 Å². The number of morpholine rings is 1. The predicted octanol–water partition coefficient (Wildman–Crippen LogP) is 0.684. The number of rotatable bonds is 3. The first-order valence-corrected chi connectivity index (χ1v) is 7.63. The Kier molecular flexibility index (Phi) is 4.36. The molecule has 0 aromatic heterocycles. The van der Waals surface area contributed by atoms with Gasteiger partial charge in [-0.2, -0.15) is 11.8 Å². The van der Waals surface area contributed by atoms with Crippen LogP contribution in [0.3, 0.4) is 0 Å². The molecule has 1 unspecified atom stereocenters. The van der Waals surface area contributed by atoms with Gasteiger partial charge >= 0.3 is 0 Å². The van der Waals surface area contributed by atoms with E-state index in [0.29, 0.717) is 6.54 Å². The number of thioether (sulfide) groups is 1. The highest BCUT2D eigenvalue weighted by Gasteiger charge is 2.47. The third-order valence-electron chi connectivity index (χ3n) is 4.25. The van der Waals surface area contributed by atoms with Crippen molar-refractivity contribution in [3.05, 3.63) is 0 Å². The van der Waals surface area contributed by atoms with Gasteiger partial charge in [0.1, 0.15) is 0 Å². The highest BCUT2D eigenvalue weighted by Crippen LogP contribution is 2.41. The summed E-state index contributed by atoms with van der Waals surface area (Å²) in [4.78, 5) is 0. The topological polar surface area (TPSA) is 50.5 Å². The zero-order chi connectivity index (χ0) is 12.4. The summed E-state index contributed by atoms with van der Waals surface area (Å²) in [5.74, 6) is 2.35. The first-order valence-electron chi connectivity index (χ1n) is 6.48. The molecule has 100 valence electrons. The van der Waals surface area contributed by atoms with Gasteiger partial charge in [0.25, 0.3) is 0 Å². The summed E-state index contributed by atoms with van der Waals surface area (Å²) in [5.41, 5.74) is 10.1. The van der Waals surface area contributed by atoms with Crippen molar-refractivity contribution < 1.29 is 4.74 Å². The van der Waals surface area contributed by atoms with Gasteiger partial charge < -0.3 is 10.5 Å². The fourth-order valence-electron chi connectivity index (χ4n) is 2.55. The lowest BCUT2D eigenvalue weighted by Crippen LogP contribution is -2.69. The molecule has 1 atom stereocenters. The van der Waals surface area contributed by atoms with E-state index in [1.165, 1.54) is 12.2 Å².